The van der Waals surface area contributed by atoms with Gasteiger partial charge in [0.1, 0.15) is 0 Å². The highest BCUT2D eigenvalue weighted by Gasteiger charge is 2.17. The average molecular weight is 281 g/mol. The molecule has 0 aliphatic heterocycles. The molecule has 2 heterocycles. The summed E-state index contributed by atoms with van der Waals surface area (Å²) in [5.41, 5.74) is 2.37. The van der Waals surface area contributed by atoms with Gasteiger partial charge in [-0.1, -0.05) is 18.5 Å². The largest absolute Gasteiger partial charge is 0.306 e. The zero-order chi connectivity index (χ0) is 13.0. The van der Waals surface area contributed by atoms with E-state index in [1.807, 2.05) is 6.07 Å². The van der Waals surface area contributed by atoms with Gasteiger partial charge in [-0.25, -0.2) is 0 Å². The molecule has 1 unspecified atom stereocenters. The quantitative estimate of drug-likeness (QED) is 0.888. The van der Waals surface area contributed by atoms with Crippen molar-refractivity contribution in [3.8, 4) is 0 Å². The molecule has 2 aromatic rings. The van der Waals surface area contributed by atoms with Gasteiger partial charge in [-0.15, -0.1) is 11.3 Å². The van der Waals surface area contributed by atoms with Crippen molar-refractivity contribution in [2.24, 2.45) is 0 Å². The highest BCUT2D eigenvalue weighted by Crippen LogP contribution is 2.30. The van der Waals surface area contributed by atoms with Crippen LogP contribution in [0.4, 0.5) is 0 Å². The van der Waals surface area contributed by atoms with Crippen LogP contribution in [0.1, 0.15) is 35.4 Å². The summed E-state index contributed by atoms with van der Waals surface area (Å²) in [5.74, 6) is 0. The third kappa shape index (κ3) is 3.10. The van der Waals surface area contributed by atoms with E-state index >= 15 is 0 Å². The van der Waals surface area contributed by atoms with Crippen LogP contribution in [0.2, 0.25) is 5.02 Å². The fraction of sp³-hybridized carbons (Fsp3) is 0.357. The Bertz CT molecular complexity index is 510. The monoisotopic (exact) mass is 280 g/mol. The minimum absolute atomic E-state index is 0.158. The summed E-state index contributed by atoms with van der Waals surface area (Å²) >= 11 is 8.02. The van der Waals surface area contributed by atoms with E-state index in [0.29, 0.717) is 0 Å². The van der Waals surface area contributed by atoms with E-state index in [2.05, 4.69) is 35.6 Å². The average Bonchev–Trinajstić information content (AvgIpc) is 2.78. The van der Waals surface area contributed by atoms with Crippen molar-refractivity contribution in [2.45, 2.75) is 26.3 Å². The summed E-state index contributed by atoms with van der Waals surface area (Å²) in [5, 5.41) is 6.46. The molecule has 1 N–H and O–H groups in total. The molecule has 0 fully saturated rings. The standard InChI is InChI=1S/C14H17ClN2S/c1-3-5-17-14(11-7-10(2)18-9-11)12-4-6-16-8-13(12)15/h4,6-9,14,17H,3,5H2,1-2H3. The van der Waals surface area contributed by atoms with E-state index < -0.39 is 0 Å². The van der Waals surface area contributed by atoms with Crippen molar-refractivity contribution >= 4 is 22.9 Å². The van der Waals surface area contributed by atoms with Crippen molar-refractivity contribution in [1.82, 2.24) is 10.3 Å². The number of halogens is 1. The number of rotatable bonds is 5. The van der Waals surface area contributed by atoms with Gasteiger partial charge < -0.3 is 5.32 Å². The van der Waals surface area contributed by atoms with Crippen LogP contribution in [0.25, 0.3) is 0 Å². The number of nitrogens with zero attached hydrogens (tertiary/aromatic N) is 1. The highest BCUT2D eigenvalue weighted by atomic mass is 35.5. The van der Waals surface area contributed by atoms with Gasteiger partial charge in [0.15, 0.2) is 0 Å². The Labute approximate surface area is 117 Å². The topological polar surface area (TPSA) is 24.9 Å². The summed E-state index contributed by atoms with van der Waals surface area (Å²) in [6.07, 6.45) is 4.60. The van der Waals surface area contributed by atoms with Crippen molar-refractivity contribution in [2.75, 3.05) is 6.54 Å². The van der Waals surface area contributed by atoms with Gasteiger partial charge in [-0.2, -0.15) is 0 Å². The third-order valence-electron chi connectivity index (χ3n) is 2.80. The maximum Gasteiger partial charge on any atom is 0.0640 e. The van der Waals surface area contributed by atoms with Gasteiger partial charge in [-0.3, -0.25) is 4.98 Å². The number of nitrogens with one attached hydrogen (secondary N) is 1. The summed E-state index contributed by atoms with van der Waals surface area (Å²) in [7, 11) is 0. The Morgan fingerprint density at radius 1 is 1.50 bits per heavy atom. The van der Waals surface area contributed by atoms with E-state index in [0.717, 1.165) is 23.6 Å². The predicted molar refractivity (Wildman–Crippen MR) is 78.4 cm³/mol. The zero-order valence-corrected chi connectivity index (χ0v) is 12.2. The molecule has 0 saturated heterocycles. The van der Waals surface area contributed by atoms with Crippen LogP contribution in [-0.2, 0) is 0 Å². The molecule has 0 spiro atoms. The van der Waals surface area contributed by atoms with Gasteiger partial charge in [0, 0.05) is 17.3 Å². The van der Waals surface area contributed by atoms with Gasteiger partial charge in [-0.05, 0) is 48.5 Å². The first kappa shape index (κ1) is 13.5. The second kappa shape index (κ2) is 6.32. The van der Waals surface area contributed by atoms with Crippen LogP contribution in [0.15, 0.2) is 29.9 Å². The molecular formula is C14H17ClN2S. The molecule has 0 radical (unpaired) electrons. The Morgan fingerprint density at radius 2 is 2.33 bits per heavy atom. The number of pyridine rings is 1. The number of hydrogen-bond donors (Lipinski definition) is 1. The van der Waals surface area contributed by atoms with E-state index in [9.17, 15) is 0 Å². The minimum Gasteiger partial charge on any atom is -0.306 e. The lowest BCUT2D eigenvalue weighted by Crippen LogP contribution is -2.23. The molecule has 18 heavy (non-hydrogen) atoms. The molecule has 0 amide bonds. The van der Waals surface area contributed by atoms with E-state index in [-0.39, 0.29) is 6.04 Å². The zero-order valence-electron chi connectivity index (χ0n) is 10.6. The fourth-order valence-electron chi connectivity index (χ4n) is 1.93. The molecule has 0 bridgehead atoms. The maximum atomic E-state index is 6.26. The Balaban J connectivity index is 2.33. The molecule has 2 nitrogen and oxygen atoms in total. The van der Waals surface area contributed by atoms with Gasteiger partial charge in [0.05, 0.1) is 11.1 Å². The predicted octanol–water partition coefficient (Wildman–Crippen LogP) is 4.19. The van der Waals surface area contributed by atoms with E-state index in [1.165, 1.54) is 10.4 Å². The first-order valence-corrected chi connectivity index (χ1v) is 7.36. The molecule has 0 saturated carbocycles. The summed E-state index contributed by atoms with van der Waals surface area (Å²) < 4.78 is 0. The molecular weight excluding hydrogens is 264 g/mol. The Kier molecular flexibility index (Phi) is 4.75. The molecule has 4 heteroatoms. The van der Waals surface area contributed by atoms with Crippen molar-refractivity contribution in [3.05, 3.63) is 50.9 Å². The molecule has 0 aliphatic rings. The minimum atomic E-state index is 0.158. The summed E-state index contributed by atoms with van der Waals surface area (Å²) in [4.78, 5) is 5.37. The molecule has 2 rings (SSSR count). The lowest BCUT2D eigenvalue weighted by atomic mass is 10.0. The maximum absolute atomic E-state index is 6.26. The van der Waals surface area contributed by atoms with Gasteiger partial charge in [0.2, 0.25) is 0 Å². The van der Waals surface area contributed by atoms with Crippen LogP contribution in [0.3, 0.4) is 0 Å². The van der Waals surface area contributed by atoms with Crippen molar-refractivity contribution in [1.29, 1.82) is 0 Å². The second-order valence-corrected chi connectivity index (χ2v) is 5.80. The summed E-state index contributed by atoms with van der Waals surface area (Å²) in [6.45, 7) is 5.26. The lowest BCUT2D eigenvalue weighted by molar-refractivity contribution is 0.599. The van der Waals surface area contributed by atoms with Crippen LogP contribution < -0.4 is 5.32 Å². The molecule has 2 aromatic heterocycles. The van der Waals surface area contributed by atoms with Crippen LogP contribution >= 0.6 is 22.9 Å². The highest BCUT2D eigenvalue weighted by molar-refractivity contribution is 7.10. The van der Waals surface area contributed by atoms with Gasteiger partial charge >= 0.3 is 0 Å². The first-order valence-electron chi connectivity index (χ1n) is 6.10. The van der Waals surface area contributed by atoms with E-state index in [4.69, 9.17) is 11.6 Å². The Morgan fingerprint density at radius 3 is 2.94 bits per heavy atom. The number of aryl methyl sites for hydroxylation is 1. The number of thiophene rings is 1. The SMILES string of the molecule is CCCNC(c1csc(C)c1)c1ccncc1Cl. The lowest BCUT2D eigenvalue weighted by Gasteiger charge is -2.19. The number of hydrogen-bond acceptors (Lipinski definition) is 3. The van der Waals surface area contributed by atoms with Gasteiger partial charge in [0.25, 0.3) is 0 Å². The normalized spacial score (nSPS) is 12.6. The van der Waals surface area contributed by atoms with Crippen molar-refractivity contribution < 1.29 is 0 Å². The third-order valence-corrected chi connectivity index (χ3v) is 3.99. The van der Waals surface area contributed by atoms with E-state index in [1.54, 1.807) is 23.7 Å². The molecule has 96 valence electrons. The molecule has 0 aliphatic carbocycles. The van der Waals surface area contributed by atoms with Crippen LogP contribution in [0, 0.1) is 6.92 Å². The van der Waals surface area contributed by atoms with Crippen LogP contribution in [-0.4, -0.2) is 11.5 Å². The second-order valence-electron chi connectivity index (χ2n) is 4.28. The van der Waals surface area contributed by atoms with Crippen LogP contribution in [0.5, 0.6) is 0 Å². The molecule has 1 atom stereocenters. The fourth-order valence-corrected chi connectivity index (χ4v) is 2.89. The number of aromatic nitrogens is 1. The summed E-state index contributed by atoms with van der Waals surface area (Å²) in [6, 6.07) is 4.36. The smallest absolute Gasteiger partial charge is 0.0640 e. The molecule has 0 aromatic carbocycles. The van der Waals surface area contributed by atoms with Crippen molar-refractivity contribution in [3.63, 3.8) is 0 Å². The Hall–Kier alpha value is -0.900. The first-order chi connectivity index (χ1) is 8.72.